The van der Waals surface area contributed by atoms with Crippen molar-refractivity contribution in [2.75, 3.05) is 18.5 Å². The van der Waals surface area contributed by atoms with Crippen LogP contribution < -0.4 is 10.1 Å². The quantitative estimate of drug-likeness (QED) is 0.739. The molecule has 1 aliphatic rings. The summed E-state index contributed by atoms with van der Waals surface area (Å²) in [6.07, 6.45) is -0.224. The first-order valence-corrected chi connectivity index (χ1v) is 10.3. The molecule has 0 saturated heterocycles. The van der Waals surface area contributed by atoms with Crippen LogP contribution in [0.25, 0.3) is 0 Å². The van der Waals surface area contributed by atoms with Gasteiger partial charge in [-0.05, 0) is 42.5 Å². The summed E-state index contributed by atoms with van der Waals surface area (Å²) in [5.41, 5.74) is 2.31. The summed E-state index contributed by atoms with van der Waals surface area (Å²) in [5, 5.41) is 22.1. The number of rotatable bonds is 6. The third-order valence-corrected chi connectivity index (χ3v) is 6.05. The van der Waals surface area contributed by atoms with Crippen LogP contribution in [0.4, 0.5) is 9.80 Å². The molecule has 2 amide bonds. The number of anilines is 1. The number of nitriles is 1. The van der Waals surface area contributed by atoms with E-state index in [2.05, 4.69) is 11.4 Å². The number of hydrogen-bond donors (Lipinski definition) is 2. The van der Waals surface area contributed by atoms with Crippen LogP contribution in [0, 0.1) is 11.3 Å². The van der Waals surface area contributed by atoms with Crippen molar-refractivity contribution in [3.05, 3.63) is 45.8 Å². The van der Waals surface area contributed by atoms with Crippen LogP contribution in [-0.2, 0) is 17.8 Å². The fraction of sp³-hybridized carbons (Fsp3) is 0.381. The Morgan fingerprint density at radius 3 is 2.93 bits per heavy atom. The largest absolute Gasteiger partial charge is 0.494 e. The first-order chi connectivity index (χ1) is 13.9. The van der Waals surface area contributed by atoms with Gasteiger partial charge in [0.15, 0.2) is 0 Å². The van der Waals surface area contributed by atoms with Gasteiger partial charge in [-0.2, -0.15) is 5.26 Å². The summed E-state index contributed by atoms with van der Waals surface area (Å²) < 4.78 is 5.52. The molecule has 0 spiro atoms. The van der Waals surface area contributed by atoms with Crippen LogP contribution in [-0.4, -0.2) is 35.2 Å². The summed E-state index contributed by atoms with van der Waals surface area (Å²) in [5.74, 6) is 0.584. The maximum Gasteiger partial charge on any atom is 0.407 e. The topological polar surface area (TPSA) is 103 Å². The lowest BCUT2D eigenvalue weighted by Crippen LogP contribution is -2.34. The number of amides is 2. The van der Waals surface area contributed by atoms with Crippen molar-refractivity contribution < 1.29 is 19.4 Å². The molecule has 0 aliphatic carbocycles. The molecule has 1 aliphatic heterocycles. The molecule has 1 atom stereocenters. The number of benzene rings is 1. The molecule has 152 valence electrons. The van der Waals surface area contributed by atoms with E-state index in [9.17, 15) is 20.0 Å². The Kier molecular flexibility index (Phi) is 6.39. The predicted octanol–water partition coefficient (Wildman–Crippen LogP) is 4.19. The van der Waals surface area contributed by atoms with Gasteiger partial charge in [0.1, 0.15) is 16.8 Å². The highest BCUT2D eigenvalue weighted by molar-refractivity contribution is 7.16. The number of carboxylic acid groups (broad SMARTS) is 1. The third kappa shape index (κ3) is 4.69. The van der Waals surface area contributed by atoms with Gasteiger partial charge in [0.05, 0.1) is 18.7 Å². The van der Waals surface area contributed by atoms with Gasteiger partial charge in [-0.15, -0.1) is 11.3 Å². The second kappa shape index (κ2) is 8.97. The lowest BCUT2D eigenvalue weighted by atomic mass is 9.97. The molecule has 0 fully saturated rings. The van der Waals surface area contributed by atoms with E-state index in [1.807, 2.05) is 38.1 Å². The Balaban J connectivity index is 1.70. The average molecular weight is 413 g/mol. The molecule has 1 aromatic carbocycles. The highest BCUT2D eigenvalue weighted by Crippen LogP contribution is 2.37. The van der Waals surface area contributed by atoms with Crippen LogP contribution in [0.2, 0.25) is 0 Å². The second-order valence-electron chi connectivity index (χ2n) is 6.93. The van der Waals surface area contributed by atoms with Gasteiger partial charge in [0, 0.05) is 17.8 Å². The minimum absolute atomic E-state index is 0.0157. The molecule has 1 aromatic heterocycles. The Morgan fingerprint density at radius 1 is 1.45 bits per heavy atom. The van der Waals surface area contributed by atoms with E-state index in [4.69, 9.17) is 4.74 Å². The number of ether oxygens (including phenoxy) is 1. The molecule has 7 nitrogen and oxygen atoms in total. The zero-order chi connectivity index (χ0) is 21.0. The maximum absolute atomic E-state index is 12.6. The van der Waals surface area contributed by atoms with Crippen molar-refractivity contribution in [1.29, 1.82) is 5.26 Å². The van der Waals surface area contributed by atoms with Crippen molar-refractivity contribution in [2.24, 2.45) is 0 Å². The van der Waals surface area contributed by atoms with Crippen LogP contribution >= 0.6 is 11.3 Å². The van der Waals surface area contributed by atoms with Crippen molar-refractivity contribution >= 4 is 28.3 Å². The van der Waals surface area contributed by atoms with Gasteiger partial charge in [-0.1, -0.05) is 19.1 Å². The molecule has 0 radical (unpaired) electrons. The Hall–Kier alpha value is -3.05. The zero-order valence-corrected chi connectivity index (χ0v) is 17.2. The monoisotopic (exact) mass is 413 g/mol. The molecular weight excluding hydrogens is 390 g/mol. The fourth-order valence-corrected chi connectivity index (χ4v) is 4.65. The van der Waals surface area contributed by atoms with E-state index in [0.717, 1.165) is 21.8 Å². The van der Waals surface area contributed by atoms with Crippen LogP contribution in [0.3, 0.4) is 0 Å². The SMILES string of the molecule is CCOc1cccc(C(C)CC(=O)Nc2sc3c(c2C#N)CCN(C(=O)O)C3)c1. The first kappa shape index (κ1) is 20.7. The van der Waals surface area contributed by atoms with Crippen molar-refractivity contribution in [3.8, 4) is 11.8 Å². The van der Waals surface area contributed by atoms with Gasteiger partial charge in [0.2, 0.25) is 5.91 Å². The predicted molar refractivity (Wildman–Crippen MR) is 110 cm³/mol. The summed E-state index contributed by atoms with van der Waals surface area (Å²) in [6.45, 7) is 5.08. The van der Waals surface area contributed by atoms with E-state index >= 15 is 0 Å². The Morgan fingerprint density at radius 2 is 2.24 bits per heavy atom. The summed E-state index contributed by atoms with van der Waals surface area (Å²) in [6, 6.07) is 9.86. The van der Waals surface area contributed by atoms with Gasteiger partial charge in [0.25, 0.3) is 0 Å². The number of thiophene rings is 1. The number of nitrogens with one attached hydrogen (secondary N) is 1. The van der Waals surface area contributed by atoms with Gasteiger partial charge in [-0.25, -0.2) is 4.79 Å². The molecule has 8 heteroatoms. The average Bonchev–Trinajstić information content (AvgIpc) is 3.04. The molecule has 2 N–H and O–H groups in total. The molecular formula is C21H23N3O4S. The molecule has 2 aromatic rings. The van der Waals surface area contributed by atoms with Crippen LogP contribution in [0.1, 0.15) is 47.8 Å². The third-order valence-electron chi connectivity index (χ3n) is 4.92. The standard InChI is InChI=1S/C21H23N3O4S/c1-3-28-15-6-4-5-14(10-15)13(2)9-19(25)23-20-17(11-22)16-7-8-24(21(26)27)12-18(16)29-20/h4-6,10,13H,3,7-9,12H2,1-2H3,(H,23,25)(H,26,27). The van der Waals surface area contributed by atoms with E-state index in [1.54, 1.807) is 0 Å². The lowest BCUT2D eigenvalue weighted by molar-refractivity contribution is -0.116. The minimum Gasteiger partial charge on any atom is -0.494 e. The minimum atomic E-state index is -0.976. The highest BCUT2D eigenvalue weighted by atomic mass is 32.1. The van der Waals surface area contributed by atoms with Gasteiger partial charge >= 0.3 is 6.09 Å². The van der Waals surface area contributed by atoms with E-state index in [0.29, 0.717) is 30.1 Å². The summed E-state index contributed by atoms with van der Waals surface area (Å²) in [4.78, 5) is 26.0. The van der Waals surface area contributed by atoms with Crippen LogP contribution in [0.5, 0.6) is 5.75 Å². The van der Waals surface area contributed by atoms with E-state index in [1.165, 1.54) is 16.2 Å². The fourth-order valence-electron chi connectivity index (χ4n) is 3.42. The maximum atomic E-state index is 12.6. The molecule has 1 unspecified atom stereocenters. The normalized spacial score (nSPS) is 13.9. The molecule has 29 heavy (non-hydrogen) atoms. The second-order valence-corrected chi connectivity index (χ2v) is 8.04. The van der Waals surface area contributed by atoms with Gasteiger partial charge in [-0.3, -0.25) is 4.79 Å². The molecule has 3 rings (SSSR count). The first-order valence-electron chi connectivity index (χ1n) is 9.48. The van der Waals surface area contributed by atoms with E-state index in [-0.39, 0.29) is 24.8 Å². The summed E-state index contributed by atoms with van der Waals surface area (Å²) in [7, 11) is 0. The number of hydrogen-bond acceptors (Lipinski definition) is 5. The Bertz CT molecular complexity index is 963. The van der Waals surface area contributed by atoms with Crippen molar-refractivity contribution in [2.45, 2.75) is 39.2 Å². The van der Waals surface area contributed by atoms with Gasteiger partial charge < -0.3 is 20.1 Å². The zero-order valence-electron chi connectivity index (χ0n) is 16.4. The van der Waals surface area contributed by atoms with Crippen molar-refractivity contribution in [3.63, 3.8) is 0 Å². The number of fused-ring (bicyclic) bond motifs is 1. The number of carbonyl (C=O) groups excluding carboxylic acids is 1. The number of carbonyl (C=O) groups is 2. The number of nitrogens with zero attached hydrogens (tertiary/aromatic N) is 2. The summed E-state index contributed by atoms with van der Waals surface area (Å²) >= 11 is 1.29. The smallest absolute Gasteiger partial charge is 0.407 e. The Labute approximate surface area is 173 Å². The van der Waals surface area contributed by atoms with Crippen LogP contribution in [0.15, 0.2) is 24.3 Å². The highest BCUT2D eigenvalue weighted by Gasteiger charge is 2.27. The molecule has 0 bridgehead atoms. The van der Waals surface area contributed by atoms with E-state index < -0.39 is 6.09 Å². The lowest BCUT2D eigenvalue weighted by Gasteiger charge is -2.23. The van der Waals surface area contributed by atoms with Crippen molar-refractivity contribution in [1.82, 2.24) is 4.90 Å². The molecule has 0 saturated carbocycles. The molecule has 2 heterocycles.